The number of nitrogens with zero attached hydrogens (tertiary/aromatic N) is 2. The van der Waals surface area contributed by atoms with E-state index in [0.29, 0.717) is 17.9 Å². The third-order valence-corrected chi connectivity index (χ3v) is 4.52. The molecule has 0 saturated heterocycles. The minimum atomic E-state index is -1.34. The molecule has 0 fully saturated rings. The standard InChI is InChI=1S/C20H14BrN3O4/c1-11-17(20(26)27)19(25)24-18(23-11)13-4-7-16(14(8-13)9-22)28-10-12-2-5-15(21)6-3-12/h2-8H,10H2,1H3,(H,26,27)(H,23,24,25). The molecular formula is C20H14BrN3O4. The molecule has 1 aromatic heterocycles. The second-order valence-electron chi connectivity index (χ2n) is 5.92. The average Bonchev–Trinajstić information content (AvgIpc) is 2.66. The van der Waals surface area contributed by atoms with Gasteiger partial charge < -0.3 is 14.8 Å². The van der Waals surface area contributed by atoms with E-state index < -0.39 is 17.1 Å². The molecule has 0 aliphatic rings. The van der Waals surface area contributed by atoms with Gasteiger partial charge in [-0.25, -0.2) is 9.78 Å². The summed E-state index contributed by atoms with van der Waals surface area (Å²) in [6, 6.07) is 14.5. The molecule has 0 unspecified atom stereocenters. The van der Waals surface area contributed by atoms with Gasteiger partial charge in [-0.2, -0.15) is 5.26 Å². The van der Waals surface area contributed by atoms with Crippen molar-refractivity contribution in [1.29, 1.82) is 5.26 Å². The van der Waals surface area contributed by atoms with E-state index in [-0.39, 0.29) is 17.1 Å². The van der Waals surface area contributed by atoms with Gasteiger partial charge in [-0.3, -0.25) is 4.79 Å². The molecule has 0 spiro atoms. The number of aromatic amines is 1. The SMILES string of the molecule is Cc1nc(-c2ccc(OCc3ccc(Br)cc3)c(C#N)c2)[nH]c(=O)c1C(=O)O. The first-order valence-corrected chi connectivity index (χ1v) is 8.94. The molecule has 0 amide bonds. The van der Waals surface area contributed by atoms with Crippen LogP contribution in [-0.4, -0.2) is 21.0 Å². The zero-order chi connectivity index (χ0) is 20.3. The smallest absolute Gasteiger partial charge is 0.343 e. The highest BCUT2D eigenvalue weighted by molar-refractivity contribution is 9.10. The Labute approximate surface area is 168 Å². The summed E-state index contributed by atoms with van der Waals surface area (Å²) >= 11 is 3.37. The lowest BCUT2D eigenvalue weighted by molar-refractivity contribution is 0.0693. The van der Waals surface area contributed by atoms with Crippen molar-refractivity contribution >= 4 is 21.9 Å². The van der Waals surface area contributed by atoms with Gasteiger partial charge in [0.25, 0.3) is 5.56 Å². The quantitative estimate of drug-likeness (QED) is 0.626. The number of aryl methyl sites for hydroxylation is 1. The maximum atomic E-state index is 12.0. The zero-order valence-electron chi connectivity index (χ0n) is 14.7. The lowest BCUT2D eigenvalue weighted by atomic mass is 10.1. The summed E-state index contributed by atoms with van der Waals surface area (Å²) in [5.41, 5.74) is 0.645. The van der Waals surface area contributed by atoms with Crippen molar-refractivity contribution in [1.82, 2.24) is 9.97 Å². The second-order valence-corrected chi connectivity index (χ2v) is 6.83. The van der Waals surface area contributed by atoms with Crippen LogP contribution in [0.15, 0.2) is 51.7 Å². The number of H-pyrrole nitrogens is 1. The third-order valence-electron chi connectivity index (χ3n) is 4.00. The number of hydrogen-bond acceptors (Lipinski definition) is 5. The number of nitriles is 1. The number of hydrogen-bond donors (Lipinski definition) is 2. The number of carbonyl (C=O) groups is 1. The summed E-state index contributed by atoms with van der Waals surface area (Å²) < 4.78 is 6.70. The molecule has 28 heavy (non-hydrogen) atoms. The number of carboxylic acids is 1. The highest BCUT2D eigenvalue weighted by Crippen LogP contribution is 2.25. The van der Waals surface area contributed by atoms with Crippen LogP contribution in [0.25, 0.3) is 11.4 Å². The van der Waals surface area contributed by atoms with Crippen molar-refractivity contribution in [3.63, 3.8) is 0 Å². The van der Waals surface area contributed by atoms with E-state index in [2.05, 4.69) is 32.0 Å². The fraction of sp³-hybridized carbons (Fsp3) is 0.100. The van der Waals surface area contributed by atoms with E-state index in [9.17, 15) is 14.9 Å². The van der Waals surface area contributed by atoms with Crippen molar-refractivity contribution in [3.05, 3.63) is 79.7 Å². The van der Waals surface area contributed by atoms with Crippen molar-refractivity contribution in [2.75, 3.05) is 0 Å². The van der Waals surface area contributed by atoms with Crippen LogP contribution < -0.4 is 10.3 Å². The molecule has 0 aliphatic carbocycles. The average molecular weight is 440 g/mol. The van der Waals surface area contributed by atoms with Crippen molar-refractivity contribution in [3.8, 4) is 23.2 Å². The molecular weight excluding hydrogens is 426 g/mol. The lowest BCUT2D eigenvalue weighted by Gasteiger charge is -2.10. The van der Waals surface area contributed by atoms with Gasteiger partial charge in [-0.05, 0) is 42.8 Å². The van der Waals surface area contributed by atoms with Gasteiger partial charge in [0.2, 0.25) is 0 Å². The normalized spacial score (nSPS) is 10.3. The van der Waals surface area contributed by atoms with Crippen LogP contribution >= 0.6 is 15.9 Å². The number of benzene rings is 2. The first-order valence-electron chi connectivity index (χ1n) is 8.15. The van der Waals surface area contributed by atoms with Crippen LogP contribution in [0.4, 0.5) is 0 Å². The summed E-state index contributed by atoms with van der Waals surface area (Å²) in [5, 5.41) is 18.5. The molecule has 0 bridgehead atoms. The van der Waals surface area contributed by atoms with Gasteiger partial charge in [-0.1, -0.05) is 28.1 Å². The highest BCUT2D eigenvalue weighted by Gasteiger charge is 2.16. The van der Waals surface area contributed by atoms with Crippen LogP contribution in [0.5, 0.6) is 5.75 Å². The Kier molecular flexibility index (Phi) is 5.57. The Morgan fingerprint density at radius 2 is 2.00 bits per heavy atom. The fourth-order valence-corrected chi connectivity index (χ4v) is 2.87. The van der Waals surface area contributed by atoms with Gasteiger partial charge in [0.1, 0.15) is 29.8 Å². The second kappa shape index (κ2) is 8.06. The first kappa shape index (κ1) is 19.3. The molecule has 2 aromatic carbocycles. The van der Waals surface area contributed by atoms with Crippen LogP contribution in [-0.2, 0) is 6.61 Å². The minimum absolute atomic E-state index is 0.0975. The number of halogens is 1. The molecule has 7 nitrogen and oxygen atoms in total. The van der Waals surface area contributed by atoms with E-state index in [1.54, 1.807) is 12.1 Å². The maximum absolute atomic E-state index is 12.0. The Hall–Kier alpha value is -3.44. The summed E-state index contributed by atoms with van der Waals surface area (Å²) in [4.78, 5) is 29.7. The molecule has 0 aliphatic heterocycles. The summed E-state index contributed by atoms with van der Waals surface area (Å²) in [7, 11) is 0. The van der Waals surface area contributed by atoms with E-state index >= 15 is 0 Å². The molecule has 0 radical (unpaired) electrons. The van der Waals surface area contributed by atoms with Crippen LogP contribution in [0, 0.1) is 18.3 Å². The van der Waals surface area contributed by atoms with E-state index in [0.717, 1.165) is 10.0 Å². The Morgan fingerprint density at radius 1 is 1.29 bits per heavy atom. The number of aromatic carboxylic acids is 1. The summed E-state index contributed by atoms with van der Waals surface area (Å²) in [6.07, 6.45) is 0. The van der Waals surface area contributed by atoms with E-state index in [4.69, 9.17) is 9.84 Å². The Balaban J connectivity index is 1.89. The molecule has 3 aromatic rings. The van der Waals surface area contributed by atoms with Gasteiger partial charge in [0, 0.05) is 10.0 Å². The predicted molar refractivity (Wildman–Crippen MR) is 105 cm³/mol. The maximum Gasteiger partial charge on any atom is 0.343 e. The number of nitrogens with one attached hydrogen (secondary N) is 1. The topological polar surface area (TPSA) is 116 Å². The highest BCUT2D eigenvalue weighted by atomic mass is 79.9. The lowest BCUT2D eigenvalue weighted by Crippen LogP contribution is -2.21. The van der Waals surface area contributed by atoms with Crippen LogP contribution in [0.3, 0.4) is 0 Å². The number of carboxylic acid groups (broad SMARTS) is 1. The predicted octanol–water partition coefficient (Wildman–Crippen LogP) is 3.66. The molecule has 0 saturated carbocycles. The van der Waals surface area contributed by atoms with Crippen molar-refractivity contribution in [2.45, 2.75) is 13.5 Å². The summed E-state index contributed by atoms with van der Waals surface area (Å²) in [5.74, 6) is -0.758. The Morgan fingerprint density at radius 3 is 2.61 bits per heavy atom. The van der Waals surface area contributed by atoms with Crippen molar-refractivity contribution < 1.29 is 14.6 Å². The van der Waals surface area contributed by atoms with Gasteiger partial charge in [0.15, 0.2) is 0 Å². The molecule has 140 valence electrons. The number of aromatic nitrogens is 2. The van der Waals surface area contributed by atoms with Crippen LogP contribution in [0.1, 0.15) is 27.2 Å². The minimum Gasteiger partial charge on any atom is -0.488 e. The van der Waals surface area contributed by atoms with Gasteiger partial charge in [-0.15, -0.1) is 0 Å². The number of ether oxygens (including phenoxy) is 1. The van der Waals surface area contributed by atoms with Gasteiger partial charge >= 0.3 is 5.97 Å². The summed E-state index contributed by atoms with van der Waals surface area (Å²) in [6.45, 7) is 1.74. The molecule has 1 heterocycles. The molecule has 3 rings (SSSR count). The zero-order valence-corrected chi connectivity index (χ0v) is 16.3. The van der Waals surface area contributed by atoms with E-state index in [1.165, 1.54) is 13.0 Å². The monoisotopic (exact) mass is 439 g/mol. The van der Waals surface area contributed by atoms with Crippen molar-refractivity contribution in [2.24, 2.45) is 0 Å². The molecule has 8 heteroatoms. The van der Waals surface area contributed by atoms with Crippen LogP contribution in [0.2, 0.25) is 0 Å². The third kappa shape index (κ3) is 4.10. The molecule has 2 N–H and O–H groups in total. The van der Waals surface area contributed by atoms with E-state index in [1.807, 2.05) is 24.3 Å². The molecule has 0 atom stereocenters. The van der Waals surface area contributed by atoms with Gasteiger partial charge in [0.05, 0.1) is 11.3 Å². The Bertz CT molecular complexity index is 1150. The number of rotatable bonds is 5. The fourth-order valence-electron chi connectivity index (χ4n) is 2.61. The largest absolute Gasteiger partial charge is 0.488 e. The first-order chi connectivity index (χ1) is 13.4.